The van der Waals surface area contributed by atoms with E-state index < -0.39 is 6.04 Å². The molecule has 1 unspecified atom stereocenters. The summed E-state index contributed by atoms with van der Waals surface area (Å²) >= 11 is 7.88. The van der Waals surface area contributed by atoms with Crippen molar-refractivity contribution in [1.29, 1.82) is 0 Å². The molecule has 1 aliphatic rings. The maximum atomic E-state index is 14.0. The average molecular weight is 608 g/mol. The summed E-state index contributed by atoms with van der Waals surface area (Å²) in [6, 6.07) is 30.5. The topological polar surface area (TPSA) is 81.1 Å². The number of allylic oxidation sites excluding steroid dienone is 1. The van der Waals surface area contributed by atoms with Gasteiger partial charge in [0.05, 0.1) is 5.57 Å². The van der Waals surface area contributed by atoms with Crippen molar-refractivity contribution in [1.82, 2.24) is 14.8 Å². The Morgan fingerprint density at radius 3 is 2.51 bits per heavy atom. The number of thioether (sulfide) groups is 1. The van der Waals surface area contributed by atoms with Gasteiger partial charge in [0.25, 0.3) is 5.91 Å². The maximum absolute atomic E-state index is 14.0. The van der Waals surface area contributed by atoms with Crippen LogP contribution in [0.1, 0.15) is 35.2 Å². The Bertz CT molecular complexity index is 1840. The molecule has 0 fully saturated rings. The van der Waals surface area contributed by atoms with Gasteiger partial charge in [-0.15, -0.1) is 5.10 Å². The van der Waals surface area contributed by atoms with Crippen LogP contribution >= 0.6 is 23.4 Å². The van der Waals surface area contributed by atoms with Gasteiger partial charge >= 0.3 is 0 Å². The van der Waals surface area contributed by atoms with Crippen LogP contribution in [-0.4, -0.2) is 20.7 Å². The second-order valence-electron chi connectivity index (χ2n) is 10.4. The first kappa shape index (κ1) is 28.6. The lowest BCUT2D eigenvalue weighted by Gasteiger charge is -2.29. The van der Waals surface area contributed by atoms with Gasteiger partial charge in [-0.1, -0.05) is 89.6 Å². The fourth-order valence-corrected chi connectivity index (χ4v) is 6.18. The van der Waals surface area contributed by atoms with Gasteiger partial charge in [0, 0.05) is 22.2 Å². The van der Waals surface area contributed by atoms with Crippen LogP contribution in [0, 0.1) is 13.8 Å². The second-order valence-corrected chi connectivity index (χ2v) is 11.7. The minimum atomic E-state index is -0.552. The van der Waals surface area contributed by atoms with Crippen LogP contribution in [0.2, 0.25) is 5.02 Å². The number of nitrogens with one attached hydrogen (secondary N) is 2. The highest BCUT2D eigenvalue weighted by molar-refractivity contribution is 7.98. The molecule has 1 aliphatic heterocycles. The highest BCUT2D eigenvalue weighted by Gasteiger charge is 2.35. The third kappa shape index (κ3) is 6.30. The fourth-order valence-electron chi connectivity index (χ4n) is 5.07. The summed E-state index contributed by atoms with van der Waals surface area (Å²) in [5.74, 6) is 2.33. The SMILES string of the molecule is CC1=C(C(=O)Nc2ccc(C)cc2C)C(c2cccc(Oc3ccccc3)c2)n2nc(SCc3ccccc3Cl)nc2N1. The zero-order chi connectivity index (χ0) is 29.9. The lowest BCUT2D eigenvalue weighted by Crippen LogP contribution is -2.31. The van der Waals surface area contributed by atoms with Crippen LogP contribution in [0.15, 0.2) is 113 Å². The molecular weight excluding hydrogens is 578 g/mol. The smallest absolute Gasteiger partial charge is 0.255 e. The minimum absolute atomic E-state index is 0.220. The lowest BCUT2D eigenvalue weighted by atomic mass is 9.94. The minimum Gasteiger partial charge on any atom is -0.457 e. The van der Waals surface area contributed by atoms with Gasteiger partial charge in [0.1, 0.15) is 17.5 Å². The Morgan fingerprint density at radius 2 is 1.72 bits per heavy atom. The van der Waals surface area contributed by atoms with Gasteiger partial charge in [-0.3, -0.25) is 4.79 Å². The molecule has 0 spiro atoms. The van der Waals surface area contributed by atoms with Gasteiger partial charge in [-0.05, 0) is 73.9 Å². The summed E-state index contributed by atoms with van der Waals surface area (Å²) in [5, 5.41) is 12.6. The summed E-state index contributed by atoms with van der Waals surface area (Å²) in [6.45, 7) is 5.91. The molecule has 1 atom stereocenters. The highest BCUT2D eigenvalue weighted by atomic mass is 35.5. The molecule has 0 saturated carbocycles. The maximum Gasteiger partial charge on any atom is 0.255 e. The van der Waals surface area contributed by atoms with Crippen molar-refractivity contribution in [3.8, 4) is 11.5 Å². The van der Waals surface area contributed by atoms with Gasteiger partial charge in [0.2, 0.25) is 11.1 Å². The fraction of sp³-hybridized carbons (Fsp3) is 0.147. The molecule has 5 aromatic rings. The number of ether oxygens (including phenoxy) is 1. The summed E-state index contributed by atoms with van der Waals surface area (Å²) < 4.78 is 7.93. The van der Waals surface area contributed by atoms with Crippen molar-refractivity contribution >= 4 is 40.9 Å². The summed E-state index contributed by atoms with van der Waals surface area (Å²) in [5.41, 5.74) is 5.96. The van der Waals surface area contributed by atoms with Crippen molar-refractivity contribution in [3.63, 3.8) is 0 Å². The largest absolute Gasteiger partial charge is 0.457 e. The lowest BCUT2D eigenvalue weighted by molar-refractivity contribution is -0.113. The van der Waals surface area contributed by atoms with Crippen LogP contribution in [0.25, 0.3) is 0 Å². The molecule has 2 N–H and O–H groups in total. The van der Waals surface area contributed by atoms with Gasteiger partial charge in [-0.2, -0.15) is 4.98 Å². The standard InChI is InChI=1S/C34H30ClN5O2S/c1-21-16-17-29(22(2)18-21)37-32(41)30-23(3)36-33-38-34(43-20-25-10-7-8-15-28(25)35)39-40(33)31(30)24-11-9-14-27(19-24)42-26-12-5-4-6-13-26/h4-19,31H,20H2,1-3H3,(H,37,41)(H,36,38,39). The number of rotatable bonds is 8. The predicted molar refractivity (Wildman–Crippen MR) is 173 cm³/mol. The first-order valence-corrected chi connectivity index (χ1v) is 15.2. The van der Waals surface area contributed by atoms with Crippen molar-refractivity contribution < 1.29 is 9.53 Å². The number of carbonyl (C=O) groups is 1. The molecule has 0 aliphatic carbocycles. The summed E-state index contributed by atoms with van der Waals surface area (Å²) in [7, 11) is 0. The van der Waals surface area contributed by atoms with Crippen LogP contribution < -0.4 is 15.4 Å². The third-order valence-corrected chi connectivity index (χ3v) is 8.43. The predicted octanol–water partition coefficient (Wildman–Crippen LogP) is 8.56. The van der Waals surface area contributed by atoms with Crippen molar-refractivity contribution in [3.05, 3.63) is 136 Å². The zero-order valence-corrected chi connectivity index (χ0v) is 25.5. The molecule has 0 saturated heterocycles. The van der Waals surface area contributed by atoms with Gasteiger partial charge < -0.3 is 15.4 Å². The highest BCUT2D eigenvalue weighted by Crippen LogP contribution is 2.39. The number of benzene rings is 4. The summed E-state index contributed by atoms with van der Waals surface area (Å²) in [4.78, 5) is 18.8. The van der Waals surface area contributed by atoms with Crippen LogP contribution in [0.3, 0.4) is 0 Å². The molecule has 0 bridgehead atoms. The number of hydrogen-bond donors (Lipinski definition) is 2. The number of hydrogen-bond acceptors (Lipinski definition) is 6. The number of para-hydroxylation sites is 1. The molecule has 4 aromatic carbocycles. The van der Waals surface area contributed by atoms with Crippen LogP contribution in [-0.2, 0) is 10.5 Å². The number of fused-ring (bicyclic) bond motifs is 1. The molecule has 216 valence electrons. The van der Waals surface area contributed by atoms with E-state index in [1.807, 2.05) is 112 Å². The number of aromatic nitrogens is 3. The van der Waals surface area contributed by atoms with Gasteiger partial charge in [-0.25, -0.2) is 4.68 Å². The molecule has 6 rings (SSSR count). The van der Waals surface area contributed by atoms with E-state index in [0.29, 0.717) is 38.9 Å². The van der Waals surface area contributed by atoms with Crippen molar-refractivity contribution in [2.45, 2.75) is 37.7 Å². The Morgan fingerprint density at radius 1 is 0.953 bits per heavy atom. The molecule has 2 heterocycles. The van der Waals surface area contributed by atoms with Crippen molar-refractivity contribution in [2.75, 3.05) is 10.6 Å². The van der Waals surface area contributed by atoms with E-state index >= 15 is 0 Å². The van der Waals surface area contributed by atoms with E-state index in [1.54, 1.807) is 4.68 Å². The molecule has 9 heteroatoms. The Kier molecular flexibility index (Phi) is 8.22. The van der Waals surface area contributed by atoms with E-state index in [2.05, 4.69) is 16.7 Å². The van der Waals surface area contributed by atoms with Crippen molar-refractivity contribution in [2.24, 2.45) is 0 Å². The number of halogens is 1. The third-order valence-electron chi connectivity index (χ3n) is 7.18. The first-order valence-electron chi connectivity index (χ1n) is 13.9. The number of nitrogens with zero attached hydrogens (tertiary/aromatic N) is 3. The van der Waals surface area contributed by atoms with E-state index in [1.165, 1.54) is 11.8 Å². The quantitative estimate of drug-likeness (QED) is 0.172. The van der Waals surface area contributed by atoms with E-state index in [4.69, 9.17) is 26.4 Å². The molecular formula is C34H30ClN5O2S. The van der Waals surface area contributed by atoms with E-state index in [9.17, 15) is 4.79 Å². The summed E-state index contributed by atoms with van der Waals surface area (Å²) in [6.07, 6.45) is 0. The van der Waals surface area contributed by atoms with Crippen LogP contribution in [0.4, 0.5) is 11.6 Å². The zero-order valence-electron chi connectivity index (χ0n) is 24.0. The number of anilines is 2. The Hall–Kier alpha value is -4.53. The normalized spacial score (nSPS) is 14.2. The Balaban J connectivity index is 1.37. The number of aryl methyl sites for hydroxylation is 2. The Labute approximate surface area is 260 Å². The number of amides is 1. The monoisotopic (exact) mass is 607 g/mol. The molecule has 0 radical (unpaired) electrons. The van der Waals surface area contributed by atoms with Crippen LogP contribution in [0.5, 0.6) is 11.5 Å². The second kappa shape index (κ2) is 12.4. The number of carbonyl (C=O) groups excluding carboxylic acids is 1. The van der Waals surface area contributed by atoms with Gasteiger partial charge in [0.15, 0.2) is 0 Å². The first-order chi connectivity index (χ1) is 20.9. The molecule has 1 aromatic heterocycles. The van der Waals surface area contributed by atoms with E-state index in [-0.39, 0.29) is 5.91 Å². The molecule has 43 heavy (non-hydrogen) atoms. The molecule has 1 amide bonds. The molecule has 7 nitrogen and oxygen atoms in total. The average Bonchev–Trinajstić information content (AvgIpc) is 3.40. The van der Waals surface area contributed by atoms with E-state index in [0.717, 1.165) is 33.7 Å².